The van der Waals surface area contributed by atoms with Gasteiger partial charge in [-0.25, -0.2) is 0 Å². The fourth-order valence-electron chi connectivity index (χ4n) is 10.7. The smallest absolute Gasteiger partial charge is 0.0760 e. The van der Waals surface area contributed by atoms with Crippen LogP contribution in [-0.2, 0) is 10.8 Å². The first-order valence-electron chi connectivity index (χ1n) is 21.3. The SMILES string of the molecule is C=C(C1=C(/C=C\C)c2ccccc2C12c1ccccc1N(c1ccccc1)c1ccccc12)c1ccc(N(c2ccccc2)c2ccc3c(c2)C(C)(C)c2ccccc2-3)cc1. The van der Waals surface area contributed by atoms with Crippen LogP contribution < -0.4 is 9.80 Å². The molecule has 0 saturated carbocycles. The lowest BCUT2D eigenvalue weighted by atomic mass is 9.62. The minimum Gasteiger partial charge on any atom is -0.310 e. The van der Waals surface area contributed by atoms with E-state index in [-0.39, 0.29) is 5.41 Å². The Morgan fingerprint density at radius 3 is 1.66 bits per heavy atom. The molecule has 8 aromatic carbocycles. The van der Waals surface area contributed by atoms with Crippen LogP contribution in [0.2, 0.25) is 0 Å². The molecule has 0 amide bonds. The van der Waals surface area contributed by atoms with Gasteiger partial charge in [-0.3, -0.25) is 0 Å². The van der Waals surface area contributed by atoms with Gasteiger partial charge in [0.1, 0.15) is 0 Å². The van der Waals surface area contributed by atoms with Gasteiger partial charge in [0, 0.05) is 28.2 Å². The highest BCUT2D eigenvalue weighted by Crippen LogP contribution is 2.65. The van der Waals surface area contributed by atoms with Gasteiger partial charge in [0.05, 0.1) is 16.8 Å². The van der Waals surface area contributed by atoms with E-state index >= 15 is 0 Å². The van der Waals surface area contributed by atoms with Crippen LogP contribution in [0.3, 0.4) is 0 Å². The maximum atomic E-state index is 5.04. The fraction of sp³-hybridized carbons (Fsp3) is 0.0847. The third-order valence-corrected chi connectivity index (χ3v) is 13.3. The molecule has 61 heavy (non-hydrogen) atoms. The van der Waals surface area contributed by atoms with Crippen molar-refractivity contribution in [3.8, 4) is 11.1 Å². The molecular weight excluding hydrogens is 737 g/mol. The molecule has 11 rings (SSSR count). The summed E-state index contributed by atoms with van der Waals surface area (Å²) in [5.74, 6) is 0. The number of hydrogen-bond donors (Lipinski definition) is 0. The Hall–Kier alpha value is -7.42. The minimum absolute atomic E-state index is 0.104. The summed E-state index contributed by atoms with van der Waals surface area (Å²) in [6.45, 7) is 11.9. The zero-order chi connectivity index (χ0) is 41.3. The average Bonchev–Trinajstić information content (AvgIpc) is 3.72. The van der Waals surface area contributed by atoms with Crippen LogP contribution in [0.1, 0.15) is 59.7 Å². The maximum absolute atomic E-state index is 5.04. The molecule has 1 aliphatic heterocycles. The average molecular weight is 783 g/mol. The zero-order valence-electron chi connectivity index (χ0n) is 34.8. The number of hydrogen-bond acceptors (Lipinski definition) is 2. The van der Waals surface area contributed by atoms with Crippen molar-refractivity contribution in [1.82, 2.24) is 0 Å². The molecular formula is C59H46N2. The van der Waals surface area contributed by atoms with E-state index < -0.39 is 5.41 Å². The second-order valence-corrected chi connectivity index (χ2v) is 16.9. The normalized spacial score (nSPS) is 15.0. The van der Waals surface area contributed by atoms with Crippen LogP contribution in [0.15, 0.2) is 224 Å². The maximum Gasteiger partial charge on any atom is 0.0760 e. The first kappa shape index (κ1) is 36.6. The summed E-state index contributed by atoms with van der Waals surface area (Å²) < 4.78 is 0. The second kappa shape index (κ2) is 14.1. The third kappa shape index (κ3) is 5.35. The number of para-hydroxylation sites is 4. The van der Waals surface area contributed by atoms with Gasteiger partial charge in [-0.15, -0.1) is 0 Å². The van der Waals surface area contributed by atoms with Gasteiger partial charge in [-0.05, 0) is 134 Å². The molecule has 0 aromatic heterocycles. The molecule has 0 radical (unpaired) electrons. The molecule has 2 aliphatic carbocycles. The van der Waals surface area contributed by atoms with Gasteiger partial charge in [-0.2, -0.15) is 0 Å². The Morgan fingerprint density at radius 1 is 0.492 bits per heavy atom. The van der Waals surface area contributed by atoms with Crippen molar-refractivity contribution in [2.75, 3.05) is 9.80 Å². The fourth-order valence-corrected chi connectivity index (χ4v) is 10.7. The Kier molecular flexibility index (Phi) is 8.47. The van der Waals surface area contributed by atoms with Crippen molar-refractivity contribution in [2.24, 2.45) is 0 Å². The summed E-state index contributed by atoms with van der Waals surface area (Å²) in [7, 11) is 0. The molecule has 0 bridgehead atoms. The summed E-state index contributed by atoms with van der Waals surface area (Å²) in [5, 5.41) is 0. The molecule has 292 valence electrons. The number of anilines is 6. The standard InChI is InChI=1S/C59H46N2/c1-5-20-49-47-26-13-15-28-51(47)59(52-29-16-18-31-55(52)61(43-23-10-7-11-24-43)56-32-19-17-30-53(56)59)57(49)40(2)41-33-35-44(36-34-41)60(42-21-8-6-9-22-42)45-37-38-48-46-25-12-14-27-50(46)58(3,4)54(48)39-45/h5-39H,2H2,1,3-4H3/b20-5-. The van der Waals surface area contributed by atoms with Crippen molar-refractivity contribution >= 4 is 45.3 Å². The quantitative estimate of drug-likeness (QED) is 0.159. The number of benzene rings is 8. The van der Waals surface area contributed by atoms with Crippen molar-refractivity contribution in [3.05, 3.63) is 263 Å². The molecule has 0 unspecified atom stereocenters. The van der Waals surface area contributed by atoms with E-state index in [9.17, 15) is 0 Å². The molecule has 2 nitrogen and oxygen atoms in total. The monoisotopic (exact) mass is 782 g/mol. The molecule has 8 aromatic rings. The molecule has 2 heteroatoms. The summed E-state index contributed by atoms with van der Waals surface area (Å²) >= 11 is 0. The van der Waals surface area contributed by atoms with Crippen molar-refractivity contribution in [3.63, 3.8) is 0 Å². The summed E-state index contributed by atoms with van der Waals surface area (Å²) in [4.78, 5) is 4.81. The number of allylic oxidation sites excluding steroid dienone is 5. The predicted octanol–water partition coefficient (Wildman–Crippen LogP) is 15.6. The summed E-state index contributed by atoms with van der Waals surface area (Å²) in [6.07, 6.45) is 4.47. The summed E-state index contributed by atoms with van der Waals surface area (Å²) in [6, 6.07) is 73.4. The van der Waals surface area contributed by atoms with E-state index in [4.69, 9.17) is 6.58 Å². The predicted molar refractivity (Wildman–Crippen MR) is 257 cm³/mol. The Bertz CT molecular complexity index is 3030. The van der Waals surface area contributed by atoms with Crippen molar-refractivity contribution < 1.29 is 0 Å². The number of fused-ring (bicyclic) bond motifs is 9. The minimum atomic E-state index is -0.621. The first-order valence-corrected chi connectivity index (χ1v) is 21.3. The van der Waals surface area contributed by atoms with Crippen molar-refractivity contribution in [2.45, 2.75) is 31.6 Å². The van der Waals surface area contributed by atoms with Crippen LogP contribution >= 0.6 is 0 Å². The molecule has 0 N–H and O–H groups in total. The van der Waals surface area contributed by atoms with E-state index in [1.165, 1.54) is 67.0 Å². The number of nitrogens with zero attached hydrogens (tertiary/aromatic N) is 2. The van der Waals surface area contributed by atoms with Crippen LogP contribution in [0.5, 0.6) is 0 Å². The lowest BCUT2D eigenvalue weighted by Gasteiger charge is -2.46. The molecule has 1 spiro atoms. The van der Waals surface area contributed by atoms with Gasteiger partial charge in [0.2, 0.25) is 0 Å². The Labute approximate surface area is 359 Å². The largest absolute Gasteiger partial charge is 0.310 e. The molecule has 1 heterocycles. The highest BCUT2D eigenvalue weighted by Gasteiger charge is 2.53. The van der Waals surface area contributed by atoms with Gasteiger partial charge in [0.25, 0.3) is 0 Å². The summed E-state index contributed by atoms with van der Waals surface area (Å²) in [5.41, 5.74) is 21.0. The molecule has 0 atom stereocenters. The van der Waals surface area contributed by atoms with Gasteiger partial charge < -0.3 is 9.80 Å². The van der Waals surface area contributed by atoms with E-state index in [2.05, 4.69) is 243 Å². The van der Waals surface area contributed by atoms with Crippen LogP contribution in [0.4, 0.5) is 34.1 Å². The Morgan fingerprint density at radius 2 is 1.00 bits per heavy atom. The lowest BCUT2D eigenvalue weighted by Crippen LogP contribution is -2.37. The van der Waals surface area contributed by atoms with Crippen LogP contribution in [0, 0.1) is 0 Å². The zero-order valence-corrected chi connectivity index (χ0v) is 34.8. The van der Waals surface area contributed by atoms with E-state index in [0.717, 1.165) is 33.9 Å². The van der Waals surface area contributed by atoms with Gasteiger partial charge in [-0.1, -0.05) is 172 Å². The second-order valence-electron chi connectivity index (χ2n) is 16.9. The highest BCUT2D eigenvalue weighted by atomic mass is 15.2. The van der Waals surface area contributed by atoms with Crippen molar-refractivity contribution in [1.29, 1.82) is 0 Å². The number of rotatable bonds is 7. The van der Waals surface area contributed by atoms with E-state index in [1.807, 2.05) is 0 Å². The Balaban J connectivity index is 1.08. The van der Waals surface area contributed by atoms with Gasteiger partial charge in [0.15, 0.2) is 0 Å². The van der Waals surface area contributed by atoms with Crippen LogP contribution in [-0.4, -0.2) is 0 Å². The van der Waals surface area contributed by atoms with Crippen LogP contribution in [0.25, 0.3) is 22.3 Å². The lowest BCUT2D eigenvalue weighted by molar-refractivity contribution is 0.660. The highest BCUT2D eigenvalue weighted by molar-refractivity contribution is 6.05. The third-order valence-electron chi connectivity index (χ3n) is 13.3. The molecule has 0 saturated heterocycles. The topological polar surface area (TPSA) is 6.48 Å². The van der Waals surface area contributed by atoms with E-state index in [1.54, 1.807) is 0 Å². The molecule has 3 aliphatic rings. The first-order chi connectivity index (χ1) is 29.9. The van der Waals surface area contributed by atoms with E-state index in [0.29, 0.717) is 0 Å². The van der Waals surface area contributed by atoms with Gasteiger partial charge >= 0.3 is 0 Å². The molecule has 0 fully saturated rings.